The quantitative estimate of drug-likeness (QED) is 0.507. The third kappa shape index (κ3) is 1.28. The molecule has 1 nitrogen and oxygen atoms in total. The van der Waals surface area contributed by atoms with Gasteiger partial charge < -0.3 is 0 Å². The Labute approximate surface area is 62.1 Å². The largest absolute Gasteiger partial charge is 0.299 e. The van der Waals surface area contributed by atoms with Gasteiger partial charge in [-0.25, -0.2) is 0 Å². The van der Waals surface area contributed by atoms with Gasteiger partial charge in [0.05, 0.1) is 0 Å². The number of ketones is 1. The number of hydrogen-bond donors (Lipinski definition) is 0. The second-order valence-electron chi connectivity index (χ2n) is 3.08. The van der Waals surface area contributed by atoms with Crippen molar-refractivity contribution in [3.63, 3.8) is 0 Å². The van der Waals surface area contributed by atoms with Crippen LogP contribution in [-0.2, 0) is 4.79 Å². The van der Waals surface area contributed by atoms with E-state index in [0.29, 0.717) is 5.78 Å². The molecule has 0 N–H and O–H groups in total. The number of carbonyl (C=O) groups is 1. The third-order valence-corrected chi connectivity index (χ3v) is 2.29. The summed E-state index contributed by atoms with van der Waals surface area (Å²) in [6, 6.07) is 0. The van der Waals surface area contributed by atoms with E-state index in [4.69, 9.17) is 0 Å². The highest BCUT2D eigenvalue weighted by Crippen LogP contribution is 2.25. The molecule has 0 bridgehead atoms. The lowest BCUT2D eigenvalue weighted by Crippen LogP contribution is -2.24. The maximum atomic E-state index is 11.3. The van der Waals surface area contributed by atoms with Crippen LogP contribution in [0.4, 0.5) is 0 Å². The van der Waals surface area contributed by atoms with Crippen molar-refractivity contribution in [1.29, 1.82) is 0 Å². The van der Waals surface area contributed by atoms with Crippen molar-refractivity contribution in [1.82, 2.24) is 0 Å². The van der Waals surface area contributed by atoms with Gasteiger partial charge in [0, 0.05) is 11.8 Å². The predicted molar refractivity (Wildman–Crippen MR) is 41.7 cm³/mol. The summed E-state index contributed by atoms with van der Waals surface area (Å²) in [4.78, 5) is 11.3. The lowest BCUT2D eigenvalue weighted by Gasteiger charge is -2.22. The Morgan fingerprint density at radius 2 is 2.30 bits per heavy atom. The van der Waals surface area contributed by atoms with Crippen molar-refractivity contribution in [2.45, 2.75) is 26.2 Å². The summed E-state index contributed by atoms with van der Waals surface area (Å²) in [5, 5.41) is 0. The van der Waals surface area contributed by atoms with Crippen LogP contribution in [0.1, 0.15) is 26.2 Å². The lowest BCUT2D eigenvalue weighted by molar-refractivity contribution is -0.126. The minimum Gasteiger partial charge on any atom is -0.299 e. The molecule has 0 aliphatic heterocycles. The van der Waals surface area contributed by atoms with Gasteiger partial charge in [0.1, 0.15) is 5.78 Å². The first-order chi connectivity index (χ1) is 4.75. The Balaban J connectivity index is 2.59. The molecule has 1 rings (SSSR count). The molecule has 0 aromatic rings. The standard InChI is InChI=1S/C9H14O/c1-3-8-6-4-5-7(2)9(8)10/h3,7-8H,1,4-6H2,2H3/t7-,8+/m0/s1. The Morgan fingerprint density at radius 3 is 2.80 bits per heavy atom. The molecule has 0 aromatic heterocycles. The summed E-state index contributed by atoms with van der Waals surface area (Å²) in [6.45, 7) is 5.66. The smallest absolute Gasteiger partial charge is 0.142 e. The summed E-state index contributed by atoms with van der Waals surface area (Å²) in [6.07, 6.45) is 5.07. The normalized spacial score (nSPS) is 33.9. The molecule has 0 unspecified atom stereocenters. The van der Waals surface area contributed by atoms with Crippen molar-refractivity contribution >= 4 is 5.78 Å². The summed E-state index contributed by atoms with van der Waals surface area (Å²) in [5.74, 6) is 0.821. The first-order valence-corrected chi connectivity index (χ1v) is 3.92. The molecule has 1 fully saturated rings. The van der Waals surface area contributed by atoms with E-state index < -0.39 is 0 Å². The molecule has 0 saturated heterocycles. The van der Waals surface area contributed by atoms with Crippen LogP contribution in [0.25, 0.3) is 0 Å². The maximum absolute atomic E-state index is 11.3. The van der Waals surface area contributed by atoms with Gasteiger partial charge in [-0.2, -0.15) is 0 Å². The number of hydrogen-bond acceptors (Lipinski definition) is 1. The number of rotatable bonds is 1. The minimum atomic E-state index is 0.156. The lowest BCUT2D eigenvalue weighted by atomic mass is 9.81. The van der Waals surface area contributed by atoms with Crippen LogP contribution >= 0.6 is 0 Å². The number of carbonyl (C=O) groups excluding carboxylic acids is 1. The molecule has 0 radical (unpaired) electrons. The Hall–Kier alpha value is -0.590. The summed E-state index contributed by atoms with van der Waals surface area (Å²) in [5.41, 5.74) is 0. The number of allylic oxidation sites excluding steroid dienone is 1. The van der Waals surface area contributed by atoms with Crippen LogP contribution in [0.15, 0.2) is 12.7 Å². The van der Waals surface area contributed by atoms with Crippen LogP contribution in [0.5, 0.6) is 0 Å². The summed E-state index contributed by atoms with van der Waals surface area (Å²) in [7, 11) is 0. The summed E-state index contributed by atoms with van der Waals surface area (Å²) >= 11 is 0. The second kappa shape index (κ2) is 3.00. The van der Waals surface area contributed by atoms with E-state index in [1.807, 2.05) is 6.92 Å². The average molecular weight is 138 g/mol. The fraction of sp³-hybridized carbons (Fsp3) is 0.667. The van der Waals surface area contributed by atoms with Crippen LogP contribution < -0.4 is 0 Å². The monoisotopic (exact) mass is 138 g/mol. The predicted octanol–water partition coefficient (Wildman–Crippen LogP) is 2.18. The van der Waals surface area contributed by atoms with Gasteiger partial charge in [-0.05, 0) is 12.8 Å². The molecule has 1 saturated carbocycles. The SMILES string of the molecule is C=C[C@@H]1CCC[C@H](C)C1=O. The molecule has 2 atom stereocenters. The van der Waals surface area contributed by atoms with Crippen LogP contribution in [0.3, 0.4) is 0 Å². The average Bonchev–Trinajstić information content (AvgIpc) is 1.95. The maximum Gasteiger partial charge on any atom is 0.142 e. The Bertz CT molecular complexity index is 149. The van der Waals surface area contributed by atoms with Gasteiger partial charge in [0.2, 0.25) is 0 Å². The molecule has 0 spiro atoms. The van der Waals surface area contributed by atoms with E-state index in [1.54, 1.807) is 6.08 Å². The van der Waals surface area contributed by atoms with E-state index in [-0.39, 0.29) is 11.8 Å². The van der Waals surface area contributed by atoms with Crippen LogP contribution in [0, 0.1) is 11.8 Å². The van der Waals surface area contributed by atoms with E-state index >= 15 is 0 Å². The second-order valence-corrected chi connectivity index (χ2v) is 3.08. The topological polar surface area (TPSA) is 17.1 Å². The molecule has 1 aliphatic carbocycles. The van der Waals surface area contributed by atoms with Crippen LogP contribution in [0.2, 0.25) is 0 Å². The Kier molecular flexibility index (Phi) is 2.25. The molecular weight excluding hydrogens is 124 g/mol. The van der Waals surface area contributed by atoms with Crippen molar-refractivity contribution in [2.75, 3.05) is 0 Å². The fourth-order valence-electron chi connectivity index (χ4n) is 1.53. The van der Waals surface area contributed by atoms with Crippen molar-refractivity contribution in [2.24, 2.45) is 11.8 Å². The van der Waals surface area contributed by atoms with E-state index in [1.165, 1.54) is 6.42 Å². The van der Waals surface area contributed by atoms with Gasteiger partial charge in [-0.3, -0.25) is 4.79 Å². The van der Waals surface area contributed by atoms with Crippen molar-refractivity contribution in [3.05, 3.63) is 12.7 Å². The van der Waals surface area contributed by atoms with Gasteiger partial charge in [0.25, 0.3) is 0 Å². The van der Waals surface area contributed by atoms with Crippen molar-refractivity contribution < 1.29 is 4.79 Å². The molecule has 56 valence electrons. The summed E-state index contributed by atoms with van der Waals surface area (Å²) < 4.78 is 0. The van der Waals surface area contributed by atoms with Gasteiger partial charge in [-0.1, -0.05) is 19.4 Å². The van der Waals surface area contributed by atoms with Gasteiger partial charge in [0.15, 0.2) is 0 Å². The molecule has 1 aliphatic rings. The highest BCUT2D eigenvalue weighted by molar-refractivity contribution is 5.85. The molecule has 0 amide bonds. The number of Topliss-reactive ketones (excluding diaryl/α,β-unsaturated/α-hetero) is 1. The highest BCUT2D eigenvalue weighted by atomic mass is 16.1. The first kappa shape index (κ1) is 7.52. The first-order valence-electron chi connectivity index (χ1n) is 3.92. The van der Waals surface area contributed by atoms with Crippen LogP contribution in [-0.4, -0.2) is 5.78 Å². The zero-order valence-electron chi connectivity index (χ0n) is 6.47. The van der Waals surface area contributed by atoms with Gasteiger partial charge in [-0.15, -0.1) is 6.58 Å². The minimum absolute atomic E-state index is 0.156. The van der Waals surface area contributed by atoms with E-state index in [2.05, 4.69) is 6.58 Å². The molecule has 0 aromatic carbocycles. The van der Waals surface area contributed by atoms with Crippen molar-refractivity contribution in [3.8, 4) is 0 Å². The fourth-order valence-corrected chi connectivity index (χ4v) is 1.53. The van der Waals surface area contributed by atoms with E-state index in [0.717, 1.165) is 12.8 Å². The van der Waals surface area contributed by atoms with Gasteiger partial charge >= 0.3 is 0 Å². The molecule has 10 heavy (non-hydrogen) atoms. The molecule has 0 heterocycles. The molecule has 1 heteroatoms. The van der Waals surface area contributed by atoms with E-state index in [9.17, 15) is 4.79 Å². The zero-order chi connectivity index (χ0) is 7.56. The molecular formula is C9H14O. The Morgan fingerprint density at radius 1 is 1.60 bits per heavy atom. The zero-order valence-corrected chi connectivity index (χ0v) is 6.47. The highest BCUT2D eigenvalue weighted by Gasteiger charge is 2.25. The third-order valence-electron chi connectivity index (χ3n) is 2.29.